The summed E-state index contributed by atoms with van der Waals surface area (Å²) in [7, 11) is 0. The highest BCUT2D eigenvalue weighted by Crippen LogP contribution is 2.29. The summed E-state index contributed by atoms with van der Waals surface area (Å²) in [6.45, 7) is 0.362. The van der Waals surface area contributed by atoms with Crippen molar-refractivity contribution in [2.24, 2.45) is 5.92 Å². The summed E-state index contributed by atoms with van der Waals surface area (Å²) in [5.41, 5.74) is 0.947. The predicted octanol–water partition coefficient (Wildman–Crippen LogP) is 4.69. The quantitative estimate of drug-likeness (QED) is 0.718. The Morgan fingerprint density at radius 2 is 1.80 bits per heavy atom. The lowest BCUT2D eigenvalue weighted by Gasteiger charge is -2.35. The van der Waals surface area contributed by atoms with Gasteiger partial charge in [-0.3, -0.25) is 0 Å². The number of rotatable bonds is 7. The summed E-state index contributed by atoms with van der Waals surface area (Å²) < 4.78 is 41.4. The Hall–Kier alpha value is -1.76. The summed E-state index contributed by atoms with van der Waals surface area (Å²) >= 11 is 0. The zero-order valence-electron chi connectivity index (χ0n) is 14.0. The fourth-order valence-electron chi connectivity index (χ4n) is 3.19. The molecule has 1 aliphatic carbocycles. The molecule has 0 aromatic heterocycles. The van der Waals surface area contributed by atoms with Crippen LogP contribution < -0.4 is 0 Å². The van der Waals surface area contributed by atoms with Crippen molar-refractivity contribution in [3.63, 3.8) is 0 Å². The lowest BCUT2D eigenvalue weighted by atomic mass is 9.85. The predicted molar refractivity (Wildman–Crippen MR) is 87.2 cm³/mol. The molecule has 140 valence electrons. The van der Waals surface area contributed by atoms with Crippen LogP contribution in [-0.4, -0.2) is 41.5 Å². The molecule has 1 amide bonds. The largest absolute Gasteiger partial charge is 0.465 e. The molecule has 25 heavy (non-hydrogen) atoms. The number of benzene rings is 1. The lowest BCUT2D eigenvalue weighted by Crippen LogP contribution is -2.41. The number of carboxylic acid groups (broad SMARTS) is 1. The normalized spacial score (nSPS) is 21.1. The molecule has 0 unspecified atom stereocenters. The summed E-state index contributed by atoms with van der Waals surface area (Å²) in [6, 6.07) is 9.39. The molecule has 1 aromatic carbocycles. The van der Waals surface area contributed by atoms with Crippen molar-refractivity contribution in [1.82, 2.24) is 4.90 Å². The van der Waals surface area contributed by atoms with Gasteiger partial charge in [0.1, 0.15) is 0 Å². The molecule has 2 rings (SSSR count). The Labute approximate surface area is 145 Å². The van der Waals surface area contributed by atoms with E-state index in [1.165, 1.54) is 4.90 Å². The zero-order valence-corrected chi connectivity index (χ0v) is 14.0. The summed E-state index contributed by atoms with van der Waals surface area (Å²) in [5.74, 6) is 0.205. The Kier molecular flexibility index (Phi) is 7.11. The number of ether oxygens (including phenoxy) is 1. The van der Waals surface area contributed by atoms with E-state index in [0.29, 0.717) is 26.0 Å². The van der Waals surface area contributed by atoms with Crippen LogP contribution >= 0.6 is 0 Å². The van der Waals surface area contributed by atoms with Gasteiger partial charge >= 0.3 is 12.3 Å². The van der Waals surface area contributed by atoms with E-state index in [2.05, 4.69) is 0 Å². The Balaban J connectivity index is 1.76. The van der Waals surface area contributed by atoms with E-state index in [1.54, 1.807) is 0 Å². The maximum Gasteiger partial charge on any atom is 0.407 e. The number of alkyl halides is 3. The average Bonchev–Trinajstić information content (AvgIpc) is 2.57. The SMILES string of the molecule is O=C(O)N(Cc1ccccc1)[C@H]1CC[C@H](COCCC(F)(F)F)CC1. The second-order valence-corrected chi connectivity index (χ2v) is 6.51. The zero-order chi connectivity index (χ0) is 18.3. The van der Waals surface area contributed by atoms with Crippen molar-refractivity contribution in [3.05, 3.63) is 35.9 Å². The first kappa shape index (κ1) is 19.6. The topological polar surface area (TPSA) is 49.8 Å². The highest BCUT2D eigenvalue weighted by Gasteiger charge is 2.30. The summed E-state index contributed by atoms with van der Waals surface area (Å²) in [4.78, 5) is 13.1. The van der Waals surface area contributed by atoms with Crippen LogP contribution in [0.25, 0.3) is 0 Å². The first-order chi connectivity index (χ1) is 11.8. The molecule has 1 aromatic rings. The van der Waals surface area contributed by atoms with Gasteiger partial charge in [0.05, 0.1) is 13.0 Å². The van der Waals surface area contributed by atoms with Crippen LogP contribution in [0, 0.1) is 5.92 Å². The molecule has 0 radical (unpaired) electrons. The molecule has 0 bridgehead atoms. The van der Waals surface area contributed by atoms with Crippen molar-refractivity contribution in [2.45, 2.75) is 50.9 Å². The van der Waals surface area contributed by atoms with Crippen molar-refractivity contribution in [1.29, 1.82) is 0 Å². The third kappa shape index (κ3) is 6.94. The standard InChI is InChI=1S/C18H24F3NO3/c19-18(20,21)10-11-25-13-15-6-8-16(9-7-15)22(17(23)24)12-14-4-2-1-3-5-14/h1-5,15-16H,6-13H2,(H,23,24)/t15-,16-. The monoisotopic (exact) mass is 359 g/mol. The molecule has 0 saturated heterocycles. The van der Waals surface area contributed by atoms with Crippen LogP contribution in [0.2, 0.25) is 0 Å². The molecule has 0 atom stereocenters. The van der Waals surface area contributed by atoms with Crippen LogP contribution in [0.5, 0.6) is 0 Å². The van der Waals surface area contributed by atoms with Crippen LogP contribution in [0.3, 0.4) is 0 Å². The highest BCUT2D eigenvalue weighted by molar-refractivity contribution is 5.65. The molecular weight excluding hydrogens is 335 g/mol. The van der Waals surface area contributed by atoms with E-state index in [4.69, 9.17) is 4.74 Å². The van der Waals surface area contributed by atoms with Gasteiger partial charge in [-0.25, -0.2) is 4.79 Å². The van der Waals surface area contributed by atoms with Crippen LogP contribution in [-0.2, 0) is 11.3 Å². The second-order valence-electron chi connectivity index (χ2n) is 6.51. The van der Waals surface area contributed by atoms with Crippen molar-refractivity contribution < 1.29 is 27.8 Å². The van der Waals surface area contributed by atoms with E-state index >= 15 is 0 Å². The molecule has 1 aliphatic rings. The Morgan fingerprint density at radius 3 is 2.36 bits per heavy atom. The maximum atomic E-state index is 12.1. The third-order valence-electron chi connectivity index (χ3n) is 4.58. The van der Waals surface area contributed by atoms with Crippen LogP contribution in [0.15, 0.2) is 30.3 Å². The van der Waals surface area contributed by atoms with E-state index in [-0.39, 0.29) is 18.6 Å². The smallest absolute Gasteiger partial charge is 0.407 e. The van der Waals surface area contributed by atoms with E-state index < -0.39 is 18.7 Å². The van der Waals surface area contributed by atoms with Crippen LogP contribution in [0.4, 0.5) is 18.0 Å². The maximum absolute atomic E-state index is 12.1. The molecule has 1 fully saturated rings. The molecule has 1 N–H and O–H groups in total. The van der Waals surface area contributed by atoms with Gasteiger partial charge < -0.3 is 14.7 Å². The van der Waals surface area contributed by atoms with Crippen molar-refractivity contribution in [2.75, 3.05) is 13.2 Å². The molecule has 0 spiro atoms. The molecule has 0 aliphatic heterocycles. The first-order valence-corrected chi connectivity index (χ1v) is 8.53. The first-order valence-electron chi connectivity index (χ1n) is 8.53. The second kappa shape index (κ2) is 9.08. The fraction of sp³-hybridized carbons (Fsp3) is 0.611. The van der Waals surface area contributed by atoms with Crippen molar-refractivity contribution in [3.8, 4) is 0 Å². The molecular formula is C18H24F3NO3. The number of hydrogen-bond acceptors (Lipinski definition) is 2. The lowest BCUT2D eigenvalue weighted by molar-refractivity contribution is -0.146. The number of amides is 1. The minimum atomic E-state index is -4.18. The summed E-state index contributed by atoms with van der Waals surface area (Å²) in [6.07, 6.45) is -3.07. The fourth-order valence-corrected chi connectivity index (χ4v) is 3.19. The molecule has 4 nitrogen and oxygen atoms in total. The number of nitrogens with zero attached hydrogens (tertiary/aromatic N) is 1. The van der Waals surface area contributed by atoms with Gasteiger partial charge in [0, 0.05) is 19.2 Å². The van der Waals surface area contributed by atoms with Gasteiger partial charge in [-0.15, -0.1) is 0 Å². The number of carbonyl (C=O) groups is 1. The minimum absolute atomic E-state index is 0.0517. The Bertz CT molecular complexity index is 528. The van der Waals surface area contributed by atoms with E-state index in [9.17, 15) is 23.1 Å². The Morgan fingerprint density at radius 1 is 1.16 bits per heavy atom. The highest BCUT2D eigenvalue weighted by atomic mass is 19.4. The van der Waals surface area contributed by atoms with Gasteiger partial charge in [0.2, 0.25) is 0 Å². The average molecular weight is 359 g/mol. The molecule has 1 saturated carbocycles. The van der Waals surface area contributed by atoms with Gasteiger partial charge in [-0.2, -0.15) is 13.2 Å². The van der Waals surface area contributed by atoms with E-state index in [0.717, 1.165) is 18.4 Å². The minimum Gasteiger partial charge on any atom is -0.465 e. The summed E-state index contributed by atoms with van der Waals surface area (Å²) in [5, 5.41) is 9.50. The molecule has 0 heterocycles. The number of halogens is 3. The van der Waals surface area contributed by atoms with E-state index in [1.807, 2.05) is 30.3 Å². The van der Waals surface area contributed by atoms with Gasteiger partial charge in [0.25, 0.3) is 0 Å². The van der Waals surface area contributed by atoms with Crippen molar-refractivity contribution >= 4 is 6.09 Å². The van der Waals surface area contributed by atoms with Gasteiger partial charge in [0.15, 0.2) is 0 Å². The van der Waals surface area contributed by atoms with Gasteiger partial charge in [-0.05, 0) is 37.2 Å². The number of hydrogen-bond donors (Lipinski definition) is 1. The van der Waals surface area contributed by atoms with Crippen LogP contribution in [0.1, 0.15) is 37.7 Å². The van der Waals surface area contributed by atoms with Gasteiger partial charge in [-0.1, -0.05) is 30.3 Å². The molecule has 7 heteroatoms. The third-order valence-corrected chi connectivity index (χ3v) is 4.58.